The molecule has 5 rings (SSSR count). The van der Waals surface area contributed by atoms with Crippen molar-refractivity contribution in [3.63, 3.8) is 0 Å². The van der Waals surface area contributed by atoms with Gasteiger partial charge in [0.05, 0.1) is 19.7 Å². The third kappa shape index (κ3) is 6.00. The van der Waals surface area contributed by atoms with Gasteiger partial charge in [0, 0.05) is 16.8 Å². The van der Waals surface area contributed by atoms with Crippen molar-refractivity contribution in [1.29, 1.82) is 0 Å². The predicted molar refractivity (Wildman–Crippen MR) is 157 cm³/mol. The lowest BCUT2D eigenvalue weighted by molar-refractivity contribution is -0.128. The fourth-order valence-corrected chi connectivity index (χ4v) is 4.81. The summed E-state index contributed by atoms with van der Waals surface area (Å²) in [6.07, 6.45) is 2.76. The quantitative estimate of drug-likeness (QED) is 0.309. The highest BCUT2D eigenvalue weighted by Crippen LogP contribution is 2.35. The molecule has 0 saturated heterocycles. The first kappa shape index (κ1) is 29.9. The van der Waals surface area contributed by atoms with Crippen LogP contribution in [0.25, 0.3) is 22.2 Å². The van der Waals surface area contributed by atoms with Crippen LogP contribution in [0.3, 0.4) is 0 Å². The third-order valence-electron chi connectivity index (χ3n) is 6.99. The summed E-state index contributed by atoms with van der Waals surface area (Å²) in [6, 6.07) is 16.8. The van der Waals surface area contributed by atoms with Crippen LogP contribution in [-0.4, -0.2) is 53.2 Å². The van der Waals surface area contributed by atoms with Crippen LogP contribution < -0.4 is 20.3 Å². The molecule has 39 heavy (non-hydrogen) atoms. The van der Waals surface area contributed by atoms with Crippen molar-refractivity contribution in [1.82, 2.24) is 25.8 Å². The molecule has 0 spiro atoms. The van der Waals surface area contributed by atoms with Gasteiger partial charge in [-0.2, -0.15) is 5.10 Å². The van der Waals surface area contributed by atoms with Gasteiger partial charge >= 0.3 is 0 Å². The SMILES string of the molecule is CNC(C)C(=O)NC1CCc2ccccc2N(Cc2c(OC)ccc3cc(-c4nc[nH]n4)ccc23)C1=O.Cl.Cl. The molecule has 11 heteroatoms. The van der Waals surface area contributed by atoms with Crippen LogP contribution in [-0.2, 0) is 22.6 Å². The number of benzene rings is 3. The lowest BCUT2D eigenvalue weighted by atomic mass is 10.00. The first-order valence-corrected chi connectivity index (χ1v) is 12.3. The van der Waals surface area contributed by atoms with E-state index >= 15 is 0 Å². The van der Waals surface area contributed by atoms with Gasteiger partial charge in [-0.3, -0.25) is 14.7 Å². The van der Waals surface area contributed by atoms with E-state index in [9.17, 15) is 9.59 Å². The number of nitrogens with one attached hydrogen (secondary N) is 3. The topological polar surface area (TPSA) is 112 Å². The largest absolute Gasteiger partial charge is 0.496 e. The summed E-state index contributed by atoms with van der Waals surface area (Å²) in [7, 11) is 3.36. The summed E-state index contributed by atoms with van der Waals surface area (Å²) in [6.45, 7) is 2.07. The Kier molecular flexibility index (Phi) is 9.91. The minimum atomic E-state index is -0.631. The average molecular weight is 572 g/mol. The zero-order chi connectivity index (χ0) is 25.9. The van der Waals surface area contributed by atoms with Crippen LogP contribution in [0.4, 0.5) is 5.69 Å². The van der Waals surface area contributed by atoms with Crippen molar-refractivity contribution >= 4 is 53.1 Å². The van der Waals surface area contributed by atoms with Gasteiger partial charge in [0.25, 0.3) is 0 Å². The van der Waals surface area contributed by atoms with Gasteiger partial charge in [-0.05, 0) is 61.3 Å². The van der Waals surface area contributed by atoms with Crippen LogP contribution in [0, 0.1) is 0 Å². The van der Waals surface area contributed by atoms with E-state index in [1.807, 2.05) is 54.6 Å². The van der Waals surface area contributed by atoms with Gasteiger partial charge in [0.1, 0.15) is 18.1 Å². The minimum absolute atomic E-state index is 0. The number of fused-ring (bicyclic) bond motifs is 2. The molecule has 2 amide bonds. The molecule has 3 aromatic carbocycles. The van der Waals surface area contributed by atoms with Crippen molar-refractivity contribution in [2.24, 2.45) is 0 Å². The standard InChI is InChI=1S/C28H30N6O3.2ClH/c1-17(29-2)27(35)32-23-12-9-18-6-4-5-7-24(18)34(28(23)36)15-22-21-11-8-20(26-30-16-31-33-26)14-19(21)10-13-25(22)37-3;;/h4-8,10-11,13-14,16-17,23,29H,9,12,15H2,1-3H3,(H,32,35)(H,30,31,33);2*1H. The Morgan fingerprint density at radius 3 is 2.69 bits per heavy atom. The zero-order valence-electron chi connectivity index (χ0n) is 21.9. The molecule has 0 aliphatic carbocycles. The highest BCUT2D eigenvalue weighted by atomic mass is 35.5. The van der Waals surface area contributed by atoms with Crippen LogP contribution in [0.2, 0.25) is 0 Å². The Hall–Kier alpha value is -3.66. The van der Waals surface area contributed by atoms with E-state index in [1.54, 1.807) is 32.3 Å². The summed E-state index contributed by atoms with van der Waals surface area (Å²) >= 11 is 0. The molecular formula is C28H32Cl2N6O3. The van der Waals surface area contributed by atoms with Gasteiger partial charge < -0.3 is 20.3 Å². The Bertz CT molecular complexity index is 1450. The number of H-pyrrole nitrogens is 1. The molecule has 1 aromatic heterocycles. The highest BCUT2D eigenvalue weighted by Gasteiger charge is 2.33. The number of hydrogen-bond donors (Lipinski definition) is 3. The number of anilines is 1. The van der Waals surface area contributed by atoms with Crippen molar-refractivity contribution in [3.05, 3.63) is 72.1 Å². The number of ether oxygens (including phenoxy) is 1. The number of para-hydroxylation sites is 1. The predicted octanol–water partition coefficient (Wildman–Crippen LogP) is 4.05. The van der Waals surface area contributed by atoms with Crippen molar-refractivity contribution < 1.29 is 14.3 Å². The number of likely N-dealkylation sites (N-methyl/N-ethyl adjacent to an activating group) is 1. The van der Waals surface area contributed by atoms with Gasteiger partial charge in [0.2, 0.25) is 11.8 Å². The van der Waals surface area contributed by atoms with E-state index < -0.39 is 12.1 Å². The second kappa shape index (κ2) is 12.9. The number of carbonyl (C=O) groups excluding carboxylic acids is 2. The van der Waals surface area contributed by atoms with Crippen LogP contribution in [0.15, 0.2) is 60.9 Å². The number of carbonyl (C=O) groups is 2. The maximum atomic E-state index is 13.9. The third-order valence-corrected chi connectivity index (χ3v) is 6.99. The second-order valence-corrected chi connectivity index (χ2v) is 9.17. The molecule has 3 N–H and O–H groups in total. The van der Waals surface area contributed by atoms with Gasteiger partial charge in [-0.15, -0.1) is 24.8 Å². The van der Waals surface area contributed by atoms with E-state index in [1.165, 1.54) is 0 Å². The number of aromatic amines is 1. The number of nitrogens with zero attached hydrogens (tertiary/aromatic N) is 3. The highest BCUT2D eigenvalue weighted by molar-refractivity contribution is 6.02. The Balaban J connectivity index is 0.00000210. The number of halogens is 2. The monoisotopic (exact) mass is 570 g/mol. The lowest BCUT2D eigenvalue weighted by Crippen LogP contribution is -2.52. The number of amides is 2. The molecule has 4 aromatic rings. The molecule has 206 valence electrons. The minimum Gasteiger partial charge on any atom is -0.496 e. The Morgan fingerprint density at radius 1 is 1.18 bits per heavy atom. The van der Waals surface area contributed by atoms with Crippen LogP contribution in [0.1, 0.15) is 24.5 Å². The maximum absolute atomic E-state index is 13.9. The molecule has 0 saturated carbocycles. The van der Waals surface area contributed by atoms with E-state index in [0.29, 0.717) is 31.0 Å². The van der Waals surface area contributed by atoms with E-state index in [4.69, 9.17) is 4.74 Å². The first-order chi connectivity index (χ1) is 18.0. The molecule has 2 unspecified atom stereocenters. The average Bonchev–Trinajstić information content (AvgIpc) is 3.44. The number of rotatable bonds is 7. The van der Waals surface area contributed by atoms with Crippen molar-refractivity contribution in [2.75, 3.05) is 19.1 Å². The first-order valence-electron chi connectivity index (χ1n) is 12.3. The number of aromatic nitrogens is 3. The molecule has 1 aliphatic rings. The fourth-order valence-electron chi connectivity index (χ4n) is 4.81. The Labute approximate surface area is 239 Å². The molecule has 0 radical (unpaired) electrons. The van der Waals surface area contributed by atoms with Gasteiger partial charge in [-0.1, -0.05) is 36.4 Å². The fraction of sp³-hybridized carbons (Fsp3) is 0.286. The summed E-state index contributed by atoms with van der Waals surface area (Å²) < 4.78 is 5.74. The Morgan fingerprint density at radius 2 is 1.97 bits per heavy atom. The summed E-state index contributed by atoms with van der Waals surface area (Å²) in [5.41, 5.74) is 3.70. The maximum Gasteiger partial charge on any atom is 0.249 e. The van der Waals surface area contributed by atoms with E-state index in [2.05, 4.69) is 25.8 Å². The summed E-state index contributed by atoms with van der Waals surface area (Å²) in [5, 5.41) is 14.8. The van der Waals surface area contributed by atoms with Crippen LogP contribution >= 0.6 is 24.8 Å². The molecule has 0 fully saturated rings. The smallest absolute Gasteiger partial charge is 0.249 e. The van der Waals surface area contributed by atoms with Gasteiger partial charge in [-0.25, -0.2) is 4.98 Å². The molecule has 0 bridgehead atoms. The molecule has 1 aliphatic heterocycles. The molecular weight excluding hydrogens is 539 g/mol. The molecule has 2 heterocycles. The molecule has 9 nitrogen and oxygen atoms in total. The van der Waals surface area contributed by atoms with E-state index in [-0.39, 0.29) is 36.6 Å². The molecule has 2 atom stereocenters. The summed E-state index contributed by atoms with van der Waals surface area (Å²) in [4.78, 5) is 32.6. The van der Waals surface area contributed by atoms with Gasteiger partial charge in [0.15, 0.2) is 5.82 Å². The normalized spacial score (nSPS) is 15.4. The number of methoxy groups -OCH3 is 1. The second-order valence-electron chi connectivity index (χ2n) is 9.17. The summed E-state index contributed by atoms with van der Waals surface area (Å²) in [5.74, 6) is 0.967. The zero-order valence-corrected chi connectivity index (χ0v) is 23.6. The van der Waals surface area contributed by atoms with Crippen molar-refractivity contribution in [2.45, 2.75) is 38.4 Å². The van der Waals surface area contributed by atoms with Crippen molar-refractivity contribution in [3.8, 4) is 17.1 Å². The number of hydrogen-bond acceptors (Lipinski definition) is 6. The van der Waals surface area contributed by atoms with E-state index in [0.717, 1.165) is 33.2 Å². The van der Waals surface area contributed by atoms with Crippen LogP contribution in [0.5, 0.6) is 5.75 Å². The number of aryl methyl sites for hydroxylation is 1. The lowest BCUT2D eigenvalue weighted by Gasteiger charge is -2.28.